The Morgan fingerprint density at radius 2 is 2.10 bits per heavy atom. The van der Waals surface area contributed by atoms with E-state index in [1.165, 1.54) is 4.90 Å². The van der Waals surface area contributed by atoms with Gasteiger partial charge in [-0.05, 0) is 18.2 Å². The highest BCUT2D eigenvalue weighted by Crippen LogP contribution is 2.53. The fourth-order valence-corrected chi connectivity index (χ4v) is 2.87. The average molecular weight is 268 g/mol. The van der Waals surface area contributed by atoms with Gasteiger partial charge in [-0.15, -0.1) is 0 Å². The lowest BCUT2D eigenvalue weighted by molar-refractivity contribution is 0.0791. The molecule has 4 rings (SSSR count). The van der Waals surface area contributed by atoms with Crippen LogP contribution in [0.15, 0.2) is 36.4 Å². The summed E-state index contributed by atoms with van der Waals surface area (Å²) in [6, 6.07) is 9.45. The number of ether oxygens (including phenoxy) is 2. The first kappa shape index (κ1) is 10.3. The maximum atomic E-state index is 12.5. The summed E-state index contributed by atoms with van der Waals surface area (Å²) in [5.74, 6) is 1.39. The van der Waals surface area contributed by atoms with Crippen molar-refractivity contribution in [3.63, 3.8) is 0 Å². The number of methoxy groups -OCH3 is 1. The molecule has 2 aliphatic rings. The summed E-state index contributed by atoms with van der Waals surface area (Å²) in [6.07, 6.45) is 0. The van der Waals surface area contributed by atoms with Crippen molar-refractivity contribution in [1.82, 2.24) is 4.90 Å². The van der Waals surface area contributed by atoms with E-state index in [9.17, 15) is 4.79 Å². The van der Waals surface area contributed by atoms with Crippen molar-refractivity contribution in [2.45, 2.75) is 6.02 Å². The van der Waals surface area contributed by atoms with Gasteiger partial charge in [-0.2, -0.15) is 0 Å². The van der Waals surface area contributed by atoms with Crippen LogP contribution in [0.25, 0.3) is 0 Å². The number of hydrogen-bond acceptors (Lipinski definition) is 3. The summed E-state index contributed by atoms with van der Waals surface area (Å²) < 4.78 is 20.2. The van der Waals surface area contributed by atoms with Gasteiger partial charge < -0.3 is 14.4 Å². The molecule has 4 heteroatoms. The molecule has 100 valence electrons. The Morgan fingerprint density at radius 1 is 1.30 bits per heavy atom. The Bertz CT molecular complexity index is 789. The fraction of sp³-hybridized carbons (Fsp3) is 0.188. The van der Waals surface area contributed by atoms with Crippen molar-refractivity contribution >= 4 is 5.91 Å². The van der Waals surface area contributed by atoms with Crippen molar-refractivity contribution in [3.05, 3.63) is 53.1 Å². The second-order valence-electron chi connectivity index (χ2n) is 4.83. The zero-order valence-electron chi connectivity index (χ0n) is 12.1. The Morgan fingerprint density at radius 3 is 2.90 bits per heavy atom. The monoisotopic (exact) mass is 268 g/mol. The van der Waals surface area contributed by atoms with Gasteiger partial charge in [0.05, 0.1) is 14.5 Å². The molecule has 0 aliphatic carbocycles. The molecule has 2 aromatic rings. The molecule has 1 unspecified atom stereocenters. The molecule has 20 heavy (non-hydrogen) atoms. The molecule has 0 aromatic heterocycles. The maximum Gasteiger partial charge on any atom is 0.254 e. The minimum Gasteiger partial charge on any atom is -0.493 e. The summed E-state index contributed by atoms with van der Waals surface area (Å²) in [7, 11) is 3.20. The van der Waals surface area contributed by atoms with Crippen molar-refractivity contribution in [2.24, 2.45) is 0 Å². The van der Waals surface area contributed by atoms with E-state index in [-0.39, 0.29) is 5.91 Å². The van der Waals surface area contributed by atoms with Gasteiger partial charge in [0.25, 0.3) is 5.91 Å². The van der Waals surface area contributed by atoms with Gasteiger partial charge in [-0.1, -0.05) is 18.2 Å². The van der Waals surface area contributed by atoms with Crippen LogP contribution in [0.5, 0.6) is 17.2 Å². The average Bonchev–Trinajstić information content (AvgIpc) is 2.71. The zero-order chi connectivity index (χ0) is 14.8. The lowest BCUT2D eigenvalue weighted by Crippen LogP contribution is -2.25. The lowest BCUT2D eigenvalue weighted by Gasteiger charge is -2.29. The second-order valence-corrected chi connectivity index (χ2v) is 4.83. The highest BCUT2D eigenvalue weighted by Gasteiger charge is 2.43. The smallest absolute Gasteiger partial charge is 0.254 e. The van der Waals surface area contributed by atoms with Crippen molar-refractivity contribution in [3.8, 4) is 17.2 Å². The molecule has 1 atom stereocenters. The van der Waals surface area contributed by atoms with Gasteiger partial charge in [0.2, 0.25) is 0 Å². The van der Waals surface area contributed by atoms with E-state index in [4.69, 9.17) is 10.8 Å². The predicted molar refractivity (Wildman–Crippen MR) is 73.4 cm³/mol. The van der Waals surface area contributed by atoms with E-state index in [2.05, 4.69) is 0 Å². The van der Waals surface area contributed by atoms with E-state index in [1.54, 1.807) is 32.4 Å². The first-order valence-electron chi connectivity index (χ1n) is 6.86. The van der Waals surface area contributed by atoms with E-state index in [0.29, 0.717) is 33.9 Å². The highest BCUT2D eigenvalue weighted by atomic mass is 16.5. The maximum absolute atomic E-state index is 12.5. The van der Waals surface area contributed by atoms with Crippen LogP contribution in [0.1, 0.15) is 28.9 Å². The molecule has 2 aromatic carbocycles. The molecule has 2 aliphatic heterocycles. The standard InChI is InChI=1S/C16H13NO3/c1-17-14-9-5-3-4-6-11(9)20-15-12(19-2)8-7-10(13(14)15)16(17)18/h3-8,14H,1-2H3/i14D. The van der Waals surface area contributed by atoms with Crippen LogP contribution in [0.2, 0.25) is 0 Å². The van der Waals surface area contributed by atoms with Gasteiger partial charge in [-0.3, -0.25) is 4.79 Å². The first-order valence-corrected chi connectivity index (χ1v) is 6.36. The highest BCUT2D eigenvalue weighted by molar-refractivity contribution is 6.01. The Labute approximate surface area is 117 Å². The van der Waals surface area contributed by atoms with E-state index in [1.807, 2.05) is 18.2 Å². The number of benzene rings is 2. The molecule has 1 amide bonds. The largest absolute Gasteiger partial charge is 0.493 e. The summed E-state index contributed by atoms with van der Waals surface area (Å²) in [6.45, 7) is 0. The van der Waals surface area contributed by atoms with Crippen LogP contribution in [0, 0.1) is 0 Å². The topological polar surface area (TPSA) is 38.8 Å². The molecule has 2 heterocycles. The van der Waals surface area contributed by atoms with Crippen LogP contribution >= 0.6 is 0 Å². The van der Waals surface area contributed by atoms with Gasteiger partial charge in [0, 0.05) is 23.7 Å². The molecule has 0 saturated carbocycles. The third kappa shape index (κ3) is 1.23. The van der Waals surface area contributed by atoms with E-state index >= 15 is 0 Å². The number of amides is 1. The number of carbonyl (C=O) groups excluding carboxylic acids is 1. The molecule has 0 radical (unpaired) electrons. The molecule has 0 saturated heterocycles. The molecule has 0 spiro atoms. The Balaban J connectivity index is 2.13. The normalized spacial score (nSPS) is 22.8. The van der Waals surface area contributed by atoms with Crippen LogP contribution < -0.4 is 9.47 Å². The number of fused-ring (bicyclic) bond motifs is 2. The third-order valence-corrected chi connectivity index (χ3v) is 3.80. The minimum atomic E-state index is -1.27. The van der Waals surface area contributed by atoms with Gasteiger partial charge in [0.15, 0.2) is 11.5 Å². The van der Waals surface area contributed by atoms with E-state index in [0.717, 1.165) is 0 Å². The second kappa shape index (κ2) is 3.76. The molecule has 0 fully saturated rings. The van der Waals surface area contributed by atoms with Crippen LogP contribution in [0.4, 0.5) is 0 Å². The van der Waals surface area contributed by atoms with Gasteiger partial charge in [0.1, 0.15) is 5.75 Å². The summed E-state index contributed by atoms with van der Waals surface area (Å²) >= 11 is 0. The quantitative estimate of drug-likeness (QED) is 0.798. The Hall–Kier alpha value is -2.49. The number of rotatable bonds is 1. The SMILES string of the molecule is [2H]C12c3ccccc3Oc3c(OC)ccc(c31)C(=O)N2C. The number of carbonyl (C=O) groups is 1. The number of para-hydroxylation sites is 1. The molecule has 0 bridgehead atoms. The number of hydrogen-bond donors (Lipinski definition) is 0. The zero-order valence-corrected chi connectivity index (χ0v) is 11.1. The van der Waals surface area contributed by atoms with Crippen molar-refractivity contribution < 1.29 is 15.6 Å². The molecule has 0 N–H and O–H groups in total. The molecular formula is C16H13NO3. The van der Waals surface area contributed by atoms with Crippen LogP contribution in [-0.4, -0.2) is 25.0 Å². The van der Waals surface area contributed by atoms with E-state index < -0.39 is 6.02 Å². The summed E-state index contributed by atoms with van der Waals surface area (Å²) in [5, 5.41) is 0. The minimum absolute atomic E-state index is 0.177. The molecule has 4 nitrogen and oxygen atoms in total. The van der Waals surface area contributed by atoms with Crippen molar-refractivity contribution in [1.29, 1.82) is 0 Å². The molecular weight excluding hydrogens is 254 g/mol. The summed E-state index contributed by atoms with van der Waals surface area (Å²) in [5.41, 5.74) is 1.73. The van der Waals surface area contributed by atoms with Gasteiger partial charge >= 0.3 is 0 Å². The van der Waals surface area contributed by atoms with Crippen LogP contribution in [-0.2, 0) is 0 Å². The lowest BCUT2D eigenvalue weighted by atomic mass is 9.93. The number of nitrogens with zero attached hydrogens (tertiary/aromatic N) is 1. The summed E-state index contributed by atoms with van der Waals surface area (Å²) in [4.78, 5) is 13.9. The van der Waals surface area contributed by atoms with Crippen molar-refractivity contribution in [2.75, 3.05) is 14.2 Å². The first-order chi connectivity index (χ1) is 10.1. The predicted octanol–water partition coefficient (Wildman–Crippen LogP) is 2.98. The Kier molecular flexibility index (Phi) is 1.94. The fourth-order valence-electron chi connectivity index (χ4n) is 2.87. The van der Waals surface area contributed by atoms with Gasteiger partial charge in [-0.25, -0.2) is 0 Å². The third-order valence-electron chi connectivity index (χ3n) is 3.80. The van der Waals surface area contributed by atoms with Crippen LogP contribution in [0.3, 0.4) is 0 Å².